The summed E-state index contributed by atoms with van der Waals surface area (Å²) < 4.78 is 44.4. The number of ether oxygens (including phenoxy) is 1. The fourth-order valence-corrected chi connectivity index (χ4v) is 4.48. The number of hydrogen-bond donors (Lipinski definition) is 2. The third kappa shape index (κ3) is 4.97. The Morgan fingerprint density at radius 2 is 1.83 bits per heavy atom. The van der Waals surface area contributed by atoms with Gasteiger partial charge in [0.25, 0.3) is 0 Å². The van der Waals surface area contributed by atoms with Crippen molar-refractivity contribution in [2.24, 2.45) is 11.8 Å². The van der Waals surface area contributed by atoms with E-state index in [4.69, 9.17) is 4.74 Å². The molecule has 0 amide bonds. The maximum absolute atomic E-state index is 12.9. The molecule has 1 heterocycles. The Morgan fingerprint density at radius 1 is 1.04 bits per heavy atom. The van der Waals surface area contributed by atoms with Gasteiger partial charge in [0.05, 0.1) is 19.1 Å². The molecule has 7 heteroatoms. The first-order valence-corrected chi connectivity index (χ1v) is 8.68. The lowest BCUT2D eigenvalue weighted by Crippen LogP contribution is -2.53. The van der Waals surface area contributed by atoms with Gasteiger partial charge in [0.2, 0.25) is 0 Å². The Hall–Kier alpha value is -0.0400. The molecule has 3 nitrogen and oxygen atoms in total. The van der Waals surface area contributed by atoms with Crippen LogP contribution in [0, 0.1) is 11.8 Å². The molecule has 23 heavy (non-hydrogen) atoms. The van der Waals surface area contributed by atoms with Gasteiger partial charge in [-0.15, -0.1) is 12.4 Å². The summed E-state index contributed by atoms with van der Waals surface area (Å²) in [6.07, 6.45) is 1.47. The molecular weight excluding hydrogens is 329 g/mol. The van der Waals surface area contributed by atoms with Gasteiger partial charge in [0.15, 0.2) is 0 Å². The minimum Gasteiger partial charge on any atom is -0.379 e. The number of halogens is 4. The topological polar surface area (TPSA) is 33.3 Å². The summed E-state index contributed by atoms with van der Waals surface area (Å²) in [4.78, 5) is 0. The van der Waals surface area contributed by atoms with E-state index in [0.717, 1.165) is 45.4 Å². The van der Waals surface area contributed by atoms with Gasteiger partial charge in [-0.2, -0.15) is 13.2 Å². The van der Waals surface area contributed by atoms with Crippen LogP contribution in [0.2, 0.25) is 0 Å². The Labute approximate surface area is 142 Å². The first kappa shape index (κ1) is 19.3. The molecule has 1 saturated heterocycles. The summed E-state index contributed by atoms with van der Waals surface area (Å²) in [5.74, 6) is -0.624. The van der Waals surface area contributed by atoms with Crippen molar-refractivity contribution in [3.63, 3.8) is 0 Å². The first-order chi connectivity index (χ1) is 10.5. The molecule has 2 saturated carbocycles. The van der Waals surface area contributed by atoms with Crippen molar-refractivity contribution in [2.75, 3.05) is 19.8 Å². The van der Waals surface area contributed by atoms with E-state index < -0.39 is 12.1 Å². The van der Waals surface area contributed by atoms with E-state index in [-0.39, 0.29) is 24.9 Å². The maximum Gasteiger partial charge on any atom is 0.391 e. The lowest BCUT2D eigenvalue weighted by Gasteiger charge is -2.37. The van der Waals surface area contributed by atoms with Gasteiger partial charge >= 0.3 is 6.18 Å². The van der Waals surface area contributed by atoms with Crippen LogP contribution in [0.3, 0.4) is 0 Å². The Bertz CT molecular complexity index is 364. The molecule has 3 aliphatic rings. The van der Waals surface area contributed by atoms with Gasteiger partial charge in [-0.3, -0.25) is 0 Å². The molecular formula is C16H28ClF3N2O. The number of morpholine rings is 1. The van der Waals surface area contributed by atoms with Crippen LogP contribution in [0.1, 0.15) is 44.9 Å². The van der Waals surface area contributed by atoms with E-state index in [1.807, 2.05) is 0 Å². The first-order valence-electron chi connectivity index (χ1n) is 8.68. The van der Waals surface area contributed by atoms with Crippen molar-refractivity contribution in [3.05, 3.63) is 0 Å². The molecule has 1 aliphatic heterocycles. The molecule has 2 N–H and O–H groups in total. The van der Waals surface area contributed by atoms with Crippen LogP contribution in [0.25, 0.3) is 0 Å². The normalized spacial score (nSPS) is 39.0. The Morgan fingerprint density at radius 3 is 2.52 bits per heavy atom. The SMILES string of the molecule is Cl.FC(F)(F)C1CCCC(NC2CCCC2C2COCCN2)C1. The second-order valence-corrected chi connectivity index (χ2v) is 7.11. The van der Waals surface area contributed by atoms with Crippen molar-refractivity contribution >= 4 is 12.4 Å². The van der Waals surface area contributed by atoms with Gasteiger partial charge < -0.3 is 15.4 Å². The van der Waals surface area contributed by atoms with E-state index >= 15 is 0 Å². The molecule has 136 valence electrons. The fourth-order valence-electron chi connectivity index (χ4n) is 4.48. The Kier molecular flexibility index (Phi) is 7.01. The van der Waals surface area contributed by atoms with E-state index in [2.05, 4.69) is 10.6 Å². The Balaban J connectivity index is 0.00000192. The van der Waals surface area contributed by atoms with Gasteiger partial charge in [0, 0.05) is 24.7 Å². The van der Waals surface area contributed by atoms with Crippen LogP contribution in [0.5, 0.6) is 0 Å². The smallest absolute Gasteiger partial charge is 0.379 e. The van der Waals surface area contributed by atoms with Gasteiger partial charge in [0.1, 0.15) is 0 Å². The molecule has 0 aromatic heterocycles. The van der Waals surface area contributed by atoms with Crippen LogP contribution in [0.15, 0.2) is 0 Å². The van der Waals surface area contributed by atoms with Gasteiger partial charge in [-0.25, -0.2) is 0 Å². The zero-order chi connectivity index (χ0) is 15.6. The zero-order valence-electron chi connectivity index (χ0n) is 13.4. The van der Waals surface area contributed by atoms with E-state index in [9.17, 15) is 13.2 Å². The summed E-state index contributed by atoms with van der Waals surface area (Å²) in [5.41, 5.74) is 0. The minimum atomic E-state index is -4.03. The predicted molar refractivity (Wildman–Crippen MR) is 85.9 cm³/mol. The second-order valence-electron chi connectivity index (χ2n) is 7.11. The second kappa shape index (κ2) is 8.37. The lowest BCUT2D eigenvalue weighted by atomic mass is 9.84. The molecule has 2 aliphatic carbocycles. The van der Waals surface area contributed by atoms with Gasteiger partial charge in [-0.1, -0.05) is 12.8 Å². The standard InChI is InChI=1S/C16H27F3N2O.ClH/c17-16(18,19)11-3-1-4-12(9-11)21-14-6-2-5-13(14)15-10-22-8-7-20-15;/h11-15,20-21H,1-10H2;1H. The molecule has 5 atom stereocenters. The third-order valence-electron chi connectivity index (χ3n) is 5.62. The third-order valence-corrected chi connectivity index (χ3v) is 5.62. The quantitative estimate of drug-likeness (QED) is 0.814. The average Bonchev–Trinajstić information content (AvgIpc) is 2.96. The molecule has 0 aromatic carbocycles. The number of nitrogens with one attached hydrogen (secondary N) is 2. The molecule has 0 bridgehead atoms. The van der Waals surface area contributed by atoms with Gasteiger partial charge in [-0.05, 0) is 38.0 Å². The predicted octanol–water partition coefficient (Wildman–Crippen LogP) is 3.28. The van der Waals surface area contributed by atoms with Crippen LogP contribution in [-0.2, 0) is 4.74 Å². The summed E-state index contributed by atoms with van der Waals surface area (Å²) in [5, 5.41) is 7.09. The van der Waals surface area contributed by atoms with Crippen molar-refractivity contribution in [3.8, 4) is 0 Å². The fraction of sp³-hybridized carbons (Fsp3) is 1.00. The molecule has 0 radical (unpaired) electrons. The maximum atomic E-state index is 12.9. The van der Waals surface area contributed by atoms with Crippen molar-refractivity contribution in [1.82, 2.24) is 10.6 Å². The molecule has 0 aromatic rings. The summed E-state index contributed by atoms with van der Waals surface area (Å²) in [6, 6.07) is 0.724. The molecule has 3 fully saturated rings. The van der Waals surface area contributed by atoms with E-state index in [1.165, 1.54) is 0 Å². The summed E-state index contributed by atoms with van der Waals surface area (Å²) >= 11 is 0. The van der Waals surface area contributed by atoms with Crippen molar-refractivity contribution in [2.45, 2.75) is 69.2 Å². The highest BCUT2D eigenvalue weighted by Gasteiger charge is 2.43. The average molecular weight is 357 g/mol. The number of alkyl halides is 3. The van der Waals surface area contributed by atoms with Crippen LogP contribution in [-0.4, -0.2) is 44.1 Å². The lowest BCUT2D eigenvalue weighted by molar-refractivity contribution is -0.184. The summed E-state index contributed by atoms with van der Waals surface area (Å²) in [6.45, 7) is 2.38. The van der Waals surface area contributed by atoms with E-state index in [0.29, 0.717) is 30.8 Å². The monoisotopic (exact) mass is 356 g/mol. The molecule has 3 rings (SSSR count). The molecule has 5 unspecified atom stereocenters. The highest BCUT2D eigenvalue weighted by Crippen LogP contribution is 2.38. The number of hydrogen-bond acceptors (Lipinski definition) is 3. The van der Waals surface area contributed by atoms with Crippen LogP contribution < -0.4 is 10.6 Å². The van der Waals surface area contributed by atoms with Crippen LogP contribution >= 0.6 is 12.4 Å². The van der Waals surface area contributed by atoms with E-state index in [1.54, 1.807) is 0 Å². The minimum absolute atomic E-state index is 0. The molecule has 0 spiro atoms. The highest BCUT2D eigenvalue weighted by molar-refractivity contribution is 5.85. The van der Waals surface area contributed by atoms with Crippen molar-refractivity contribution < 1.29 is 17.9 Å². The van der Waals surface area contributed by atoms with Crippen LogP contribution in [0.4, 0.5) is 13.2 Å². The zero-order valence-corrected chi connectivity index (χ0v) is 14.2. The van der Waals surface area contributed by atoms with Crippen molar-refractivity contribution in [1.29, 1.82) is 0 Å². The largest absolute Gasteiger partial charge is 0.391 e. The summed E-state index contributed by atoms with van der Waals surface area (Å²) in [7, 11) is 0. The highest BCUT2D eigenvalue weighted by atomic mass is 35.5. The number of rotatable bonds is 3.